The first-order valence-corrected chi connectivity index (χ1v) is 10.3. The van der Waals surface area contributed by atoms with Crippen molar-refractivity contribution in [2.45, 2.75) is 78.3 Å². The van der Waals surface area contributed by atoms with Crippen LogP contribution in [-0.2, 0) is 13.0 Å². The molecule has 1 aliphatic carbocycles. The first-order valence-electron chi connectivity index (χ1n) is 10.3. The highest BCUT2D eigenvalue weighted by atomic mass is 16.4. The van der Waals surface area contributed by atoms with Crippen molar-refractivity contribution in [2.75, 3.05) is 0 Å². The van der Waals surface area contributed by atoms with E-state index in [1.807, 2.05) is 0 Å². The molecular weight excluding hydrogens is 356 g/mol. The molecule has 1 amide bonds. The largest absolute Gasteiger partial charge is 0.427 e. The molecule has 2 aromatic heterocycles. The van der Waals surface area contributed by atoms with Gasteiger partial charge in [-0.15, -0.1) is 10.2 Å². The van der Waals surface area contributed by atoms with Gasteiger partial charge in [0.05, 0.1) is 6.54 Å². The van der Waals surface area contributed by atoms with Gasteiger partial charge in [-0.05, 0) is 43.7 Å². The fourth-order valence-corrected chi connectivity index (χ4v) is 3.81. The molecule has 152 valence electrons. The molecule has 3 rings (SSSR count). The van der Waals surface area contributed by atoms with E-state index in [9.17, 15) is 9.59 Å². The third-order valence-electron chi connectivity index (χ3n) is 5.42. The van der Waals surface area contributed by atoms with E-state index >= 15 is 0 Å². The smallest absolute Gasteiger partial charge is 0.349 e. The van der Waals surface area contributed by atoms with Crippen molar-refractivity contribution in [3.05, 3.63) is 45.5 Å². The maximum atomic E-state index is 12.6. The first-order chi connectivity index (χ1) is 13.5. The number of hydrogen-bond acceptors (Lipinski definition) is 5. The number of hydrogen-bond donors (Lipinski definition) is 1. The number of aryl methyl sites for hydroxylation is 2. The zero-order valence-electron chi connectivity index (χ0n) is 17.0. The van der Waals surface area contributed by atoms with Gasteiger partial charge >= 0.3 is 5.63 Å². The predicted octanol–water partition coefficient (Wildman–Crippen LogP) is 3.56. The third kappa shape index (κ3) is 4.88. The van der Waals surface area contributed by atoms with Crippen molar-refractivity contribution in [3.8, 4) is 0 Å². The van der Waals surface area contributed by atoms with Gasteiger partial charge in [-0.2, -0.15) is 0 Å². The summed E-state index contributed by atoms with van der Waals surface area (Å²) in [5.74, 6) is 1.44. The van der Waals surface area contributed by atoms with Gasteiger partial charge in [-0.1, -0.05) is 33.1 Å². The summed E-state index contributed by atoms with van der Waals surface area (Å²) in [6.45, 7) is 6.26. The zero-order chi connectivity index (χ0) is 20.1. The van der Waals surface area contributed by atoms with Gasteiger partial charge in [-0.25, -0.2) is 4.79 Å². The van der Waals surface area contributed by atoms with E-state index in [1.54, 1.807) is 19.3 Å². The highest BCUT2D eigenvalue weighted by molar-refractivity contribution is 5.94. The summed E-state index contributed by atoms with van der Waals surface area (Å²) in [5, 5.41) is 11.0. The minimum Gasteiger partial charge on any atom is -0.427 e. The molecule has 0 saturated heterocycles. The Morgan fingerprint density at radius 1 is 1.32 bits per heavy atom. The zero-order valence-corrected chi connectivity index (χ0v) is 17.0. The maximum absolute atomic E-state index is 12.6. The normalized spacial score (nSPS) is 15.1. The Hall–Kier alpha value is -2.44. The van der Waals surface area contributed by atoms with Gasteiger partial charge in [-0.3, -0.25) is 4.79 Å². The summed E-state index contributed by atoms with van der Waals surface area (Å²) in [5.41, 5.74) is 0.128. The lowest BCUT2D eigenvalue weighted by atomic mass is 9.95. The Morgan fingerprint density at radius 2 is 2.07 bits per heavy atom. The van der Waals surface area contributed by atoms with Crippen LogP contribution in [0.2, 0.25) is 0 Å². The molecule has 0 atom stereocenters. The minimum absolute atomic E-state index is 0.0667. The monoisotopic (exact) mass is 386 g/mol. The summed E-state index contributed by atoms with van der Waals surface area (Å²) < 4.78 is 7.43. The van der Waals surface area contributed by atoms with Gasteiger partial charge in [0.15, 0.2) is 5.82 Å². The lowest BCUT2D eigenvalue weighted by Crippen LogP contribution is -2.30. The lowest BCUT2D eigenvalue weighted by Gasteiger charge is -2.24. The summed E-state index contributed by atoms with van der Waals surface area (Å²) in [7, 11) is 0. The van der Waals surface area contributed by atoms with Crippen LogP contribution in [-0.4, -0.2) is 20.7 Å². The van der Waals surface area contributed by atoms with Crippen LogP contribution in [0.15, 0.2) is 21.6 Å². The van der Waals surface area contributed by atoms with Gasteiger partial charge < -0.3 is 14.3 Å². The molecule has 0 radical (unpaired) electrons. The fourth-order valence-electron chi connectivity index (χ4n) is 3.81. The molecule has 7 heteroatoms. The molecule has 0 spiro atoms. The number of rotatable bonds is 7. The van der Waals surface area contributed by atoms with Crippen molar-refractivity contribution in [3.63, 3.8) is 0 Å². The topological polar surface area (TPSA) is 90.0 Å². The second-order valence-corrected chi connectivity index (χ2v) is 8.12. The van der Waals surface area contributed by atoms with Gasteiger partial charge in [0.25, 0.3) is 5.91 Å². The molecule has 2 heterocycles. The maximum Gasteiger partial charge on any atom is 0.349 e. The molecule has 0 aliphatic heterocycles. The molecular formula is C21H30N4O3. The van der Waals surface area contributed by atoms with E-state index < -0.39 is 11.5 Å². The molecule has 1 saturated carbocycles. The Bertz CT molecular complexity index is 863. The van der Waals surface area contributed by atoms with Crippen LogP contribution in [0.25, 0.3) is 0 Å². The predicted molar refractivity (Wildman–Crippen MR) is 106 cm³/mol. The summed E-state index contributed by atoms with van der Waals surface area (Å²) in [6.07, 6.45) is 9.27. The Morgan fingerprint density at radius 3 is 2.75 bits per heavy atom. The van der Waals surface area contributed by atoms with Gasteiger partial charge in [0.2, 0.25) is 0 Å². The second kappa shape index (κ2) is 9.17. The second-order valence-electron chi connectivity index (χ2n) is 8.12. The Labute approximate surface area is 165 Å². The molecule has 0 unspecified atom stereocenters. The Kier molecular flexibility index (Phi) is 6.65. The van der Waals surface area contributed by atoms with Crippen LogP contribution in [0.4, 0.5) is 0 Å². The molecule has 28 heavy (non-hydrogen) atoms. The molecule has 1 aliphatic rings. The standard InChI is InChI=1S/C21H30N4O3/c1-14(2)9-10-17-11-15(3)19(21(27)28-17)20(26)22-12-18-24-23-13-25(18)16-7-5-4-6-8-16/h11,13-14,16H,4-10,12H2,1-3H3,(H,22,26). The van der Waals surface area contributed by atoms with Gasteiger partial charge in [0, 0.05) is 12.5 Å². The fraction of sp³-hybridized carbons (Fsp3) is 0.619. The van der Waals surface area contributed by atoms with Crippen LogP contribution in [0.5, 0.6) is 0 Å². The average Bonchev–Trinajstić information content (AvgIpc) is 3.13. The number of carbonyl (C=O) groups excluding carboxylic acids is 1. The average molecular weight is 386 g/mol. The first kappa shape index (κ1) is 20.3. The van der Waals surface area contributed by atoms with E-state index in [2.05, 4.69) is 33.9 Å². The minimum atomic E-state index is -0.579. The number of nitrogens with zero attached hydrogens (tertiary/aromatic N) is 3. The van der Waals surface area contributed by atoms with E-state index in [0.717, 1.165) is 25.1 Å². The molecule has 7 nitrogen and oxygen atoms in total. The van der Waals surface area contributed by atoms with Crippen LogP contribution < -0.4 is 10.9 Å². The number of nitrogens with one attached hydrogen (secondary N) is 1. The van der Waals surface area contributed by atoms with E-state index in [0.29, 0.717) is 29.7 Å². The van der Waals surface area contributed by atoms with Crippen LogP contribution in [0, 0.1) is 12.8 Å². The van der Waals surface area contributed by atoms with Crippen LogP contribution in [0.1, 0.15) is 85.9 Å². The number of amides is 1. The SMILES string of the molecule is Cc1cc(CCC(C)C)oc(=O)c1C(=O)NCc1nncn1C1CCCCC1. The summed E-state index contributed by atoms with van der Waals surface area (Å²) >= 11 is 0. The van der Waals surface area contributed by atoms with Crippen molar-refractivity contribution >= 4 is 5.91 Å². The molecule has 0 bridgehead atoms. The van der Waals surface area contributed by atoms with Crippen LogP contribution in [0.3, 0.4) is 0 Å². The van der Waals surface area contributed by atoms with E-state index in [-0.39, 0.29) is 12.1 Å². The number of carbonyl (C=O) groups is 1. The van der Waals surface area contributed by atoms with Gasteiger partial charge in [0.1, 0.15) is 17.7 Å². The molecule has 1 N–H and O–H groups in total. The summed E-state index contributed by atoms with van der Waals surface area (Å²) in [6, 6.07) is 2.19. The number of aromatic nitrogens is 3. The van der Waals surface area contributed by atoms with Crippen molar-refractivity contribution in [2.24, 2.45) is 5.92 Å². The summed E-state index contributed by atoms with van der Waals surface area (Å²) in [4.78, 5) is 25.0. The highest BCUT2D eigenvalue weighted by Crippen LogP contribution is 2.28. The van der Waals surface area contributed by atoms with E-state index in [1.165, 1.54) is 19.3 Å². The molecule has 0 aromatic carbocycles. The molecule has 2 aromatic rings. The quantitative estimate of drug-likeness (QED) is 0.786. The highest BCUT2D eigenvalue weighted by Gasteiger charge is 2.21. The molecule has 1 fully saturated rings. The lowest BCUT2D eigenvalue weighted by molar-refractivity contribution is 0.0944. The Balaban J connectivity index is 1.67. The van der Waals surface area contributed by atoms with Crippen molar-refractivity contribution < 1.29 is 9.21 Å². The van der Waals surface area contributed by atoms with Crippen molar-refractivity contribution in [1.29, 1.82) is 0 Å². The third-order valence-corrected chi connectivity index (χ3v) is 5.42. The van der Waals surface area contributed by atoms with Crippen molar-refractivity contribution in [1.82, 2.24) is 20.1 Å². The van der Waals surface area contributed by atoms with E-state index in [4.69, 9.17) is 4.42 Å². The van der Waals surface area contributed by atoms with Crippen LogP contribution >= 0.6 is 0 Å².